The lowest BCUT2D eigenvalue weighted by atomic mass is 9.73. The van der Waals surface area contributed by atoms with Gasteiger partial charge in [0.2, 0.25) is 0 Å². The molecule has 1 aliphatic carbocycles. The smallest absolute Gasteiger partial charge is 0.323 e. The van der Waals surface area contributed by atoms with Crippen molar-refractivity contribution in [1.82, 2.24) is 30.4 Å². The fourth-order valence-electron chi connectivity index (χ4n) is 3.60. The van der Waals surface area contributed by atoms with Gasteiger partial charge in [0.15, 0.2) is 5.82 Å². The van der Waals surface area contributed by atoms with Crippen LogP contribution in [0, 0.1) is 5.92 Å². The minimum absolute atomic E-state index is 0.125. The van der Waals surface area contributed by atoms with E-state index in [0.717, 1.165) is 38.5 Å². The second kappa shape index (κ2) is 6.25. The molecule has 2 aliphatic rings. The fraction of sp³-hybridized carbons (Fsp3) is 0.800. The minimum atomic E-state index is -0.725. The number of carbonyl (C=O) groups excluding carboxylic acids is 2. The van der Waals surface area contributed by atoms with E-state index >= 15 is 0 Å². The molecule has 0 bridgehead atoms. The second-order valence-electron chi connectivity index (χ2n) is 6.61. The molecule has 1 aromatic heterocycles. The van der Waals surface area contributed by atoms with Gasteiger partial charge >= 0.3 is 6.03 Å². The van der Waals surface area contributed by atoms with Crippen molar-refractivity contribution in [1.29, 1.82) is 0 Å². The zero-order valence-electron chi connectivity index (χ0n) is 13.8. The van der Waals surface area contributed by atoms with E-state index < -0.39 is 5.54 Å². The van der Waals surface area contributed by atoms with Crippen LogP contribution in [0.1, 0.15) is 58.2 Å². The van der Waals surface area contributed by atoms with E-state index in [1.54, 1.807) is 4.68 Å². The van der Waals surface area contributed by atoms with E-state index in [2.05, 4.69) is 27.8 Å². The minimum Gasteiger partial charge on any atom is -0.323 e. The molecule has 1 saturated heterocycles. The van der Waals surface area contributed by atoms with Gasteiger partial charge in [-0.25, -0.2) is 9.48 Å². The first-order valence-electron chi connectivity index (χ1n) is 8.47. The molecule has 23 heavy (non-hydrogen) atoms. The van der Waals surface area contributed by atoms with Crippen molar-refractivity contribution in [2.45, 2.75) is 71.0 Å². The third-order valence-corrected chi connectivity index (χ3v) is 5.13. The number of tetrazole rings is 1. The van der Waals surface area contributed by atoms with Gasteiger partial charge in [-0.15, -0.1) is 5.10 Å². The molecule has 1 aliphatic heterocycles. The van der Waals surface area contributed by atoms with Crippen LogP contribution < -0.4 is 5.32 Å². The zero-order valence-corrected chi connectivity index (χ0v) is 13.8. The van der Waals surface area contributed by atoms with Crippen LogP contribution in [0.5, 0.6) is 0 Å². The Morgan fingerprint density at radius 2 is 2.17 bits per heavy atom. The number of nitrogens with zero attached hydrogens (tertiary/aromatic N) is 5. The number of urea groups is 1. The van der Waals surface area contributed by atoms with Crippen molar-refractivity contribution in [3.8, 4) is 0 Å². The lowest BCUT2D eigenvalue weighted by Gasteiger charge is -2.36. The van der Waals surface area contributed by atoms with Crippen LogP contribution >= 0.6 is 0 Å². The topological polar surface area (TPSA) is 93.0 Å². The third-order valence-electron chi connectivity index (χ3n) is 5.13. The summed E-state index contributed by atoms with van der Waals surface area (Å²) in [4.78, 5) is 26.6. The first-order chi connectivity index (χ1) is 11.1. The van der Waals surface area contributed by atoms with Crippen LogP contribution in [0.3, 0.4) is 0 Å². The monoisotopic (exact) mass is 320 g/mol. The van der Waals surface area contributed by atoms with Gasteiger partial charge in [-0.05, 0) is 35.6 Å². The summed E-state index contributed by atoms with van der Waals surface area (Å²) in [6.45, 7) is 4.97. The number of amides is 3. The normalized spacial score (nSPS) is 27.7. The molecule has 0 aromatic carbocycles. The molecule has 1 saturated carbocycles. The number of carbonyl (C=O) groups is 2. The molecule has 0 radical (unpaired) electrons. The predicted molar refractivity (Wildman–Crippen MR) is 82.2 cm³/mol. The van der Waals surface area contributed by atoms with Gasteiger partial charge in [0.25, 0.3) is 5.91 Å². The molecule has 8 nitrogen and oxygen atoms in total. The van der Waals surface area contributed by atoms with Crippen molar-refractivity contribution in [3.05, 3.63) is 5.82 Å². The van der Waals surface area contributed by atoms with Gasteiger partial charge in [0, 0.05) is 6.54 Å². The van der Waals surface area contributed by atoms with Gasteiger partial charge in [0.05, 0.1) is 6.54 Å². The maximum absolute atomic E-state index is 12.9. The first-order valence-corrected chi connectivity index (χ1v) is 8.47. The molecule has 8 heteroatoms. The fourth-order valence-corrected chi connectivity index (χ4v) is 3.60. The highest BCUT2D eigenvalue weighted by Crippen LogP contribution is 2.38. The lowest BCUT2D eigenvalue weighted by molar-refractivity contribution is -0.134. The van der Waals surface area contributed by atoms with E-state index in [1.807, 2.05) is 6.92 Å². The Kier molecular flexibility index (Phi) is 4.32. The quantitative estimate of drug-likeness (QED) is 0.829. The zero-order chi connectivity index (χ0) is 16.4. The Morgan fingerprint density at radius 1 is 1.35 bits per heavy atom. The van der Waals surface area contributed by atoms with E-state index in [4.69, 9.17) is 0 Å². The summed E-state index contributed by atoms with van der Waals surface area (Å²) < 4.78 is 1.68. The van der Waals surface area contributed by atoms with Crippen LogP contribution in [0.4, 0.5) is 4.79 Å². The molecule has 1 spiro atoms. The molecular formula is C15H24N6O2. The van der Waals surface area contributed by atoms with Crippen LogP contribution in [0.25, 0.3) is 0 Å². The van der Waals surface area contributed by atoms with Crippen LogP contribution in [-0.2, 0) is 17.9 Å². The largest absolute Gasteiger partial charge is 0.325 e. The maximum atomic E-state index is 12.9. The molecule has 2 unspecified atom stereocenters. The summed E-state index contributed by atoms with van der Waals surface area (Å²) in [5.41, 5.74) is -0.725. The molecule has 3 amide bonds. The Hall–Kier alpha value is -1.99. The summed E-state index contributed by atoms with van der Waals surface area (Å²) in [7, 11) is 0. The Labute approximate surface area is 135 Å². The predicted octanol–water partition coefficient (Wildman–Crippen LogP) is 1.47. The molecule has 126 valence electrons. The highest BCUT2D eigenvalue weighted by atomic mass is 16.2. The molecule has 2 atom stereocenters. The summed E-state index contributed by atoms with van der Waals surface area (Å²) >= 11 is 0. The van der Waals surface area contributed by atoms with Gasteiger partial charge < -0.3 is 5.32 Å². The molecule has 2 heterocycles. The van der Waals surface area contributed by atoms with Gasteiger partial charge in [0.1, 0.15) is 5.54 Å². The van der Waals surface area contributed by atoms with Crippen molar-refractivity contribution in [3.63, 3.8) is 0 Å². The van der Waals surface area contributed by atoms with Crippen molar-refractivity contribution < 1.29 is 9.59 Å². The molecule has 1 N–H and O–H groups in total. The highest BCUT2D eigenvalue weighted by molar-refractivity contribution is 6.07. The third kappa shape index (κ3) is 2.70. The van der Waals surface area contributed by atoms with E-state index in [9.17, 15) is 9.59 Å². The molecule has 3 rings (SSSR count). The number of nitrogens with one attached hydrogen (secondary N) is 1. The van der Waals surface area contributed by atoms with E-state index in [-0.39, 0.29) is 24.4 Å². The number of aromatic nitrogens is 4. The maximum Gasteiger partial charge on any atom is 0.325 e. The summed E-state index contributed by atoms with van der Waals surface area (Å²) in [6.07, 6.45) is 5.76. The Morgan fingerprint density at radius 3 is 2.91 bits per heavy atom. The Bertz CT molecular complexity index is 601. The Balaban J connectivity index is 1.77. The standard InChI is InChI=1S/C15H24N6O2/c1-3-4-9-21-12(17-18-19-21)10-20-13(22)15(16-14(20)23)8-6-5-7-11(15)2/h11H,3-10H2,1-2H3,(H,16,23). The van der Waals surface area contributed by atoms with Gasteiger partial charge in [-0.3, -0.25) is 9.69 Å². The number of unbranched alkanes of at least 4 members (excludes halogenated alkanes) is 1. The van der Waals surface area contributed by atoms with Gasteiger partial charge in [-0.1, -0.05) is 33.1 Å². The second-order valence-corrected chi connectivity index (χ2v) is 6.61. The number of rotatable bonds is 5. The van der Waals surface area contributed by atoms with Crippen LogP contribution in [0.15, 0.2) is 0 Å². The van der Waals surface area contributed by atoms with Gasteiger partial charge in [-0.2, -0.15) is 0 Å². The first kappa shape index (κ1) is 15.9. The summed E-state index contributed by atoms with van der Waals surface area (Å²) in [5, 5.41) is 14.6. The SMILES string of the molecule is CCCCn1nnnc1CN1C(=O)NC2(CCCCC2C)C1=O. The van der Waals surface area contributed by atoms with Crippen molar-refractivity contribution in [2.75, 3.05) is 0 Å². The summed E-state index contributed by atoms with van der Waals surface area (Å²) in [5.74, 6) is 0.594. The molecule has 2 fully saturated rings. The average Bonchev–Trinajstić information content (AvgIpc) is 3.07. The summed E-state index contributed by atoms with van der Waals surface area (Å²) in [6, 6.07) is -0.325. The van der Waals surface area contributed by atoms with Crippen LogP contribution in [-0.4, -0.2) is 42.6 Å². The lowest BCUT2D eigenvalue weighted by Crippen LogP contribution is -2.53. The van der Waals surface area contributed by atoms with E-state index in [0.29, 0.717) is 12.4 Å². The number of aryl methyl sites for hydroxylation is 1. The number of hydrogen-bond donors (Lipinski definition) is 1. The van der Waals surface area contributed by atoms with Crippen molar-refractivity contribution in [2.24, 2.45) is 5.92 Å². The molecular weight excluding hydrogens is 296 g/mol. The van der Waals surface area contributed by atoms with Crippen LogP contribution in [0.2, 0.25) is 0 Å². The number of imide groups is 1. The van der Waals surface area contributed by atoms with E-state index in [1.165, 1.54) is 4.90 Å². The highest BCUT2D eigenvalue weighted by Gasteiger charge is 2.55. The van der Waals surface area contributed by atoms with Crippen molar-refractivity contribution >= 4 is 11.9 Å². The molecule has 1 aromatic rings. The average molecular weight is 320 g/mol. The number of hydrogen-bond acceptors (Lipinski definition) is 5.